The fourth-order valence-electron chi connectivity index (χ4n) is 4.11. The molecule has 1 amide bonds. The van der Waals surface area contributed by atoms with Crippen molar-refractivity contribution < 1.29 is 4.79 Å². The van der Waals surface area contributed by atoms with Crippen LogP contribution in [0.4, 0.5) is 5.82 Å². The van der Waals surface area contributed by atoms with Crippen LogP contribution in [0.5, 0.6) is 0 Å². The topological polar surface area (TPSA) is 96.5 Å². The summed E-state index contributed by atoms with van der Waals surface area (Å²) >= 11 is 1.76. The van der Waals surface area contributed by atoms with Crippen molar-refractivity contribution in [1.82, 2.24) is 14.9 Å². The van der Waals surface area contributed by atoms with Crippen molar-refractivity contribution in [3.63, 3.8) is 0 Å². The Bertz CT molecular complexity index is 1260. The van der Waals surface area contributed by atoms with E-state index in [0.717, 1.165) is 52.9 Å². The summed E-state index contributed by atoms with van der Waals surface area (Å²) in [6.45, 7) is 2.20. The molecule has 4 heterocycles. The molecule has 1 fully saturated rings. The summed E-state index contributed by atoms with van der Waals surface area (Å²) in [6, 6.07) is 11.6. The molecular formula is C25H26N6OS. The van der Waals surface area contributed by atoms with E-state index in [1.54, 1.807) is 30.2 Å². The molecule has 0 atom stereocenters. The molecule has 1 saturated heterocycles. The van der Waals surface area contributed by atoms with Gasteiger partial charge in [-0.25, -0.2) is 15.0 Å². The minimum atomic E-state index is -0.190. The second-order valence-electron chi connectivity index (χ2n) is 8.54. The van der Waals surface area contributed by atoms with Gasteiger partial charge in [0.2, 0.25) is 0 Å². The molecule has 1 aromatic carbocycles. The number of nitrogens with zero attached hydrogens (tertiary/aromatic N) is 4. The molecular weight excluding hydrogens is 432 g/mol. The van der Waals surface area contributed by atoms with Gasteiger partial charge in [-0.1, -0.05) is 12.1 Å². The lowest BCUT2D eigenvalue weighted by atomic mass is 10.0. The number of hydrogen-bond donors (Lipinski definition) is 2. The highest BCUT2D eigenvalue weighted by molar-refractivity contribution is 7.99. The maximum Gasteiger partial charge on any atom is 0.256 e. The van der Waals surface area contributed by atoms with Crippen LogP contribution in [-0.4, -0.2) is 52.0 Å². The molecule has 2 aliphatic rings. The quantitative estimate of drug-likeness (QED) is 0.596. The van der Waals surface area contributed by atoms with Gasteiger partial charge in [-0.3, -0.25) is 4.79 Å². The molecule has 0 bridgehead atoms. The number of nitrogens with two attached hydrogens (primary N) is 1. The maximum absolute atomic E-state index is 12.9. The standard InChI is InChI=1S/C25H26N6OS/c1-31-8-5-21(6-9-31)33-24-13-17(4-7-27-24)25(32)30-23-12-19-10-16(2-3-18(19)14-29-23)20-11-22(26)28-15-20/h2-4,7,10,12-15,21H,5-6,8-9,11H2,1H3,(H2,26,28)(H,29,30,32). The number of carbonyl (C=O) groups is 1. The van der Waals surface area contributed by atoms with Gasteiger partial charge in [0.05, 0.1) is 5.03 Å². The van der Waals surface area contributed by atoms with Crippen LogP contribution in [0.1, 0.15) is 35.2 Å². The van der Waals surface area contributed by atoms with Crippen LogP contribution in [0, 0.1) is 0 Å². The molecule has 3 N–H and O–H groups in total. The molecule has 0 radical (unpaired) electrons. The Morgan fingerprint density at radius 1 is 1.12 bits per heavy atom. The predicted octanol–water partition coefficient (Wildman–Crippen LogP) is 4.17. The second-order valence-corrected chi connectivity index (χ2v) is 9.86. The Morgan fingerprint density at radius 3 is 2.76 bits per heavy atom. The van der Waals surface area contributed by atoms with Crippen molar-refractivity contribution in [3.05, 3.63) is 66.1 Å². The number of likely N-dealkylation sites (tertiary alicyclic amines) is 1. The van der Waals surface area contributed by atoms with E-state index in [1.807, 2.05) is 30.5 Å². The van der Waals surface area contributed by atoms with Crippen molar-refractivity contribution in [1.29, 1.82) is 0 Å². The number of amidine groups is 1. The summed E-state index contributed by atoms with van der Waals surface area (Å²) in [6.07, 6.45) is 8.22. The van der Waals surface area contributed by atoms with Gasteiger partial charge in [0.25, 0.3) is 5.91 Å². The molecule has 33 heavy (non-hydrogen) atoms. The highest BCUT2D eigenvalue weighted by atomic mass is 32.2. The molecule has 0 saturated carbocycles. The van der Waals surface area contributed by atoms with Gasteiger partial charge in [-0.2, -0.15) is 0 Å². The van der Waals surface area contributed by atoms with Gasteiger partial charge in [0, 0.05) is 41.2 Å². The maximum atomic E-state index is 12.9. The molecule has 0 spiro atoms. The number of rotatable bonds is 5. The monoisotopic (exact) mass is 458 g/mol. The first kappa shape index (κ1) is 21.6. The van der Waals surface area contributed by atoms with Gasteiger partial charge in [0.15, 0.2) is 0 Å². The number of benzene rings is 1. The second kappa shape index (κ2) is 9.33. The predicted molar refractivity (Wildman–Crippen MR) is 135 cm³/mol. The van der Waals surface area contributed by atoms with Crippen LogP contribution in [-0.2, 0) is 0 Å². The van der Waals surface area contributed by atoms with Crippen molar-refractivity contribution >= 4 is 45.7 Å². The molecule has 5 rings (SSSR count). The summed E-state index contributed by atoms with van der Waals surface area (Å²) in [5.74, 6) is 0.950. The first-order valence-electron chi connectivity index (χ1n) is 11.1. The summed E-state index contributed by atoms with van der Waals surface area (Å²) in [4.78, 5) is 28.3. The SMILES string of the molecule is CN1CCC(Sc2cc(C(=O)Nc3cc4cc(C5=CN=C(N)C5)ccc4cn3)ccn2)CC1. The van der Waals surface area contributed by atoms with E-state index < -0.39 is 0 Å². The third-order valence-electron chi connectivity index (χ3n) is 6.04. The number of aromatic nitrogens is 2. The van der Waals surface area contributed by atoms with E-state index in [1.165, 1.54) is 0 Å². The van der Waals surface area contributed by atoms with E-state index in [-0.39, 0.29) is 5.91 Å². The number of hydrogen-bond acceptors (Lipinski definition) is 7. The highest BCUT2D eigenvalue weighted by Gasteiger charge is 2.19. The summed E-state index contributed by atoms with van der Waals surface area (Å²) in [7, 11) is 2.15. The van der Waals surface area contributed by atoms with E-state index in [2.05, 4.69) is 38.3 Å². The fraction of sp³-hybridized carbons (Fsp3) is 0.280. The molecule has 168 valence electrons. The van der Waals surface area contributed by atoms with E-state index in [4.69, 9.17) is 5.73 Å². The Morgan fingerprint density at radius 2 is 1.97 bits per heavy atom. The minimum absolute atomic E-state index is 0.190. The van der Waals surface area contributed by atoms with Gasteiger partial charge in [0.1, 0.15) is 11.7 Å². The zero-order chi connectivity index (χ0) is 22.8. The van der Waals surface area contributed by atoms with Crippen molar-refractivity contribution in [3.8, 4) is 0 Å². The van der Waals surface area contributed by atoms with Crippen LogP contribution in [0.25, 0.3) is 16.3 Å². The number of aliphatic imine (C=N–C) groups is 1. The largest absolute Gasteiger partial charge is 0.387 e. The van der Waals surface area contributed by atoms with Crippen molar-refractivity contribution in [2.75, 3.05) is 25.5 Å². The van der Waals surface area contributed by atoms with Crippen LogP contribution in [0.15, 0.2) is 65.0 Å². The lowest BCUT2D eigenvalue weighted by Gasteiger charge is -2.28. The molecule has 0 aliphatic carbocycles. The Kier molecular flexibility index (Phi) is 6.11. The highest BCUT2D eigenvalue weighted by Crippen LogP contribution is 2.30. The summed E-state index contributed by atoms with van der Waals surface area (Å²) in [5.41, 5.74) is 8.55. The minimum Gasteiger partial charge on any atom is -0.387 e. The Balaban J connectivity index is 1.29. The average Bonchev–Trinajstić information content (AvgIpc) is 3.26. The number of carbonyl (C=O) groups excluding carboxylic acids is 1. The molecule has 0 unspecified atom stereocenters. The zero-order valence-corrected chi connectivity index (χ0v) is 19.3. The number of nitrogens with one attached hydrogen (secondary N) is 1. The van der Waals surface area contributed by atoms with E-state index >= 15 is 0 Å². The number of piperidine rings is 1. The number of amides is 1. The summed E-state index contributed by atoms with van der Waals surface area (Å²) < 4.78 is 0. The van der Waals surface area contributed by atoms with Crippen LogP contribution in [0.2, 0.25) is 0 Å². The number of fused-ring (bicyclic) bond motifs is 1. The summed E-state index contributed by atoms with van der Waals surface area (Å²) in [5, 5.41) is 6.36. The van der Waals surface area contributed by atoms with Crippen LogP contribution >= 0.6 is 11.8 Å². The number of thioether (sulfide) groups is 1. The molecule has 7 nitrogen and oxygen atoms in total. The lowest BCUT2D eigenvalue weighted by molar-refractivity contribution is 0.102. The van der Waals surface area contributed by atoms with Gasteiger partial charge in [-0.15, -0.1) is 11.8 Å². The first-order chi connectivity index (χ1) is 16.0. The molecule has 2 aliphatic heterocycles. The molecule has 8 heteroatoms. The third kappa shape index (κ3) is 5.07. The third-order valence-corrected chi connectivity index (χ3v) is 7.31. The number of anilines is 1. The first-order valence-corrected chi connectivity index (χ1v) is 12.0. The lowest BCUT2D eigenvalue weighted by Crippen LogP contribution is -2.31. The molecule has 2 aromatic heterocycles. The fourth-order valence-corrected chi connectivity index (χ4v) is 5.21. The average molecular weight is 459 g/mol. The van der Waals surface area contributed by atoms with Crippen molar-refractivity contribution in [2.24, 2.45) is 10.7 Å². The zero-order valence-electron chi connectivity index (χ0n) is 18.5. The number of pyridine rings is 2. The Hall–Kier alpha value is -3.23. The van der Waals surface area contributed by atoms with E-state index in [9.17, 15) is 4.79 Å². The normalized spacial score (nSPS) is 17.1. The molecule has 3 aromatic rings. The smallest absolute Gasteiger partial charge is 0.256 e. The van der Waals surface area contributed by atoms with Gasteiger partial charge in [-0.05, 0) is 73.8 Å². The van der Waals surface area contributed by atoms with Gasteiger partial charge < -0.3 is 16.0 Å². The van der Waals surface area contributed by atoms with Crippen LogP contribution in [0.3, 0.4) is 0 Å². The van der Waals surface area contributed by atoms with Gasteiger partial charge >= 0.3 is 0 Å². The Labute approximate surface area is 197 Å². The van der Waals surface area contributed by atoms with Crippen molar-refractivity contribution in [2.45, 2.75) is 29.5 Å². The van der Waals surface area contributed by atoms with E-state index in [0.29, 0.717) is 28.9 Å². The van der Waals surface area contributed by atoms with Crippen LogP contribution < -0.4 is 11.1 Å².